The molecule has 1 atom stereocenters. The molecule has 1 N–H and O–H groups in total. The standard InChI is InChI=1S/C27H30B2ClFN2O2S/c1-4-9-33(23(11-17-5-6-17)18-7-8-19(14-34)22(31)12-18)27-32-25(16(3)36-27)20-10-15(2)24(13-21(20)30)35-26(28)29/h1,7-8,10,12-13,17,23,26,34H,5-6,9,11,14,28-29H2,2-3H3/t23-/m0/s1. The van der Waals surface area contributed by atoms with Crippen LogP contribution in [0.5, 0.6) is 5.75 Å². The quantitative estimate of drug-likeness (QED) is 0.312. The van der Waals surface area contributed by atoms with Crippen molar-refractivity contribution >= 4 is 43.8 Å². The number of aromatic nitrogens is 1. The Balaban J connectivity index is 1.74. The van der Waals surface area contributed by atoms with E-state index >= 15 is 0 Å². The summed E-state index contributed by atoms with van der Waals surface area (Å²) in [6.07, 6.45) is 9.01. The summed E-state index contributed by atoms with van der Waals surface area (Å²) < 4.78 is 20.5. The molecule has 0 unspecified atom stereocenters. The average Bonchev–Trinajstić information content (AvgIpc) is 3.57. The van der Waals surface area contributed by atoms with E-state index in [0.29, 0.717) is 17.5 Å². The highest BCUT2D eigenvalue weighted by atomic mass is 35.5. The zero-order valence-corrected chi connectivity index (χ0v) is 22.7. The second-order valence-electron chi connectivity index (χ2n) is 9.70. The maximum Gasteiger partial charge on any atom is 0.187 e. The summed E-state index contributed by atoms with van der Waals surface area (Å²) >= 11 is 8.26. The van der Waals surface area contributed by atoms with Gasteiger partial charge in [0.1, 0.15) is 27.3 Å². The number of rotatable bonds is 10. The first-order valence-electron chi connectivity index (χ1n) is 12.3. The Kier molecular flexibility index (Phi) is 8.34. The first-order valence-corrected chi connectivity index (χ1v) is 13.4. The summed E-state index contributed by atoms with van der Waals surface area (Å²) in [5.41, 5.74) is 3.78. The van der Waals surface area contributed by atoms with E-state index in [1.165, 1.54) is 18.9 Å². The van der Waals surface area contributed by atoms with Gasteiger partial charge in [-0.05, 0) is 55.5 Å². The number of thiazole rings is 1. The zero-order valence-electron chi connectivity index (χ0n) is 21.1. The van der Waals surface area contributed by atoms with Crippen LogP contribution in [0.2, 0.25) is 5.02 Å². The van der Waals surface area contributed by atoms with Crippen molar-refractivity contribution in [3.8, 4) is 29.4 Å². The number of terminal acetylenes is 1. The van der Waals surface area contributed by atoms with Gasteiger partial charge >= 0.3 is 0 Å². The lowest BCUT2D eigenvalue weighted by Crippen LogP contribution is -2.29. The fourth-order valence-corrected chi connectivity index (χ4v) is 5.62. The third-order valence-electron chi connectivity index (χ3n) is 6.44. The van der Waals surface area contributed by atoms with Crippen LogP contribution < -0.4 is 9.64 Å². The fourth-order valence-electron chi connectivity index (χ4n) is 4.40. The van der Waals surface area contributed by atoms with E-state index in [-0.39, 0.29) is 24.1 Å². The topological polar surface area (TPSA) is 45.6 Å². The third-order valence-corrected chi connectivity index (χ3v) is 7.76. The van der Waals surface area contributed by atoms with Gasteiger partial charge in [-0.1, -0.05) is 42.5 Å². The molecule has 2 aromatic carbocycles. The van der Waals surface area contributed by atoms with E-state index in [9.17, 15) is 9.50 Å². The van der Waals surface area contributed by atoms with Crippen LogP contribution in [0.15, 0.2) is 30.3 Å². The molecule has 9 heteroatoms. The lowest BCUT2D eigenvalue weighted by Gasteiger charge is -2.31. The SMILES string of the molecule is BC(B)Oc1cc(Cl)c(-c2nc(N(CC#C)[C@@H](CC3CC3)c3ccc(CO)c(F)c3)sc2C)cc1C. The second kappa shape index (κ2) is 11.3. The molecule has 1 aliphatic rings. The van der Waals surface area contributed by atoms with Crippen molar-refractivity contribution in [2.24, 2.45) is 5.92 Å². The molecule has 1 heterocycles. The number of nitrogens with zero attached hydrogens (tertiary/aromatic N) is 2. The Morgan fingerprint density at radius 3 is 2.67 bits per heavy atom. The van der Waals surface area contributed by atoms with E-state index < -0.39 is 5.82 Å². The Hall–Kier alpha value is -2.46. The smallest absolute Gasteiger partial charge is 0.187 e. The van der Waals surface area contributed by atoms with Crippen LogP contribution in [0.4, 0.5) is 9.52 Å². The summed E-state index contributed by atoms with van der Waals surface area (Å²) in [7, 11) is 3.97. The van der Waals surface area contributed by atoms with Gasteiger partial charge in [-0.25, -0.2) is 9.37 Å². The van der Waals surface area contributed by atoms with Crippen LogP contribution in [0.3, 0.4) is 0 Å². The molecule has 4 nitrogen and oxygen atoms in total. The van der Waals surface area contributed by atoms with Crippen molar-refractivity contribution in [2.45, 2.75) is 51.7 Å². The van der Waals surface area contributed by atoms with Crippen molar-refractivity contribution in [1.29, 1.82) is 0 Å². The third kappa shape index (κ3) is 5.91. The minimum Gasteiger partial charge on any atom is -0.508 e. The molecule has 0 saturated heterocycles. The average molecular weight is 523 g/mol. The van der Waals surface area contributed by atoms with Crippen LogP contribution in [0.25, 0.3) is 11.3 Å². The fraction of sp³-hybridized carbons (Fsp3) is 0.370. The molecule has 0 aliphatic heterocycles. The minimum absolute atomic E-state index is 0.0511. The van der Waals surface area contributed by atoms with Crippen molar-refractivity contribution in [3.63, 3.8) is 0 Å². The van der Waals surface area contributed by atoms with Crippen LogP contribution in [0.1, 0.15) is 46.9 Å². The molecule has 1 aromatic heterocycles. The Morgan fingerprint density at radius 2 is 2.06 bits per heavy atom. The molecule has 0 radical (unpaired) electrons. The van der Waals surface area contributed by atoms with Gasteiger partial charge in [0, 0.05) is 21.9 Å². The number of ether oxygens (including phenoxy) is 1. The zero-order chi connectivity index (χ0) is 26.0. The second-order valence-corrected chi connectivity index (χ2v) is 11.3. The summed E-state index contributed by atoms with van der Waals surface area (Å²) in [6.45, 7) is 4.05. The number of aliphatic hydroxyl groups is 1. The molecule has 4 rings (SSSR count). The predicted molar refractivity (Wildman–Crippen MR) is 152 cm³/mol. The molecule has 0 amide bonds. The highest BCUT2D eigenvalue weighted by Crippen LogP contribution is 2.44. The monoisotopic (exact) mass is 522 g/mol. The number of benzene rings is 2. The van der Waals surface area contributed by atoms with E-state index in [4.69, 9.17) is 27.7 Å². The van der Waals surface area contributed by atoms with E-state index in [0.717, 1.165) is 44.6 Å². The van der Waals surface area contributed by atoms with E-state index in [1.54, 1.807) is 17.4 Å². The van der Waals surface area contributed by atoms with Gasteiger partial charge in [0.2, 0.25) is 0 Å². The Labute approximate surface area is 223 Å². The highest BCUT2D eigenvalue weighted by molar-refractivity contribution is 7.16. The summed E-state index contributed by atoms with van der Waals surface area (Å²) in [6, 6.07) is 8.82. The molecule has 0 spiro atoms. The van der Waals surface area contributed by atoms with Gasteiger partial charge in [-0.2, -0.15) is 0 Å². The van der Waals surface area contributed by atoms with Crippen LogP contribution in [-0.2, 0) is 6.61 Å². The highest BCUT2D eigenvalue weighted by Gasteiger charge is 2.32. The lowest BCUT2D eigenvalue weighted by molar-refractivity contribution is 0.275. The first-order chi connectivity index (χ1) is 17.2. The van der Waals surface area contributed by atoms with Gasteiger partial charge in [0.05, 0.1) is 29.9 Å². The maximum atomic E-state index is 14.6. The van der Waals surface area contributed by atoms with Gasteiger partial charge < -0.3 is 14.7 Å². The summed E-state index contributed by atoms with van der Waals surface area (Å²) in [5.74, 6) is 3.77. The van der Waals surface area contributed by atoms with Gasteiger partial charge in [0.15, 0.2) is 5.13 Å². The van der Waals surface area contributed by atoms with E-state index in [2.05, 4.69) is 10.8 Å². The van der Waals surface area contributed by atoms with Crippen molar-refractivity contribution in [2.75, 3.05) is 11.4 Å². The number of aryl methyl sites for hydroxylation is 2. The van der Waals surface area contributed by atoms with E-state index in [1.807, 2.05) is 47.7 Å². The van der Waals surface area contributed by atoms with Crippen LogP contribution in [0, 0.1) is 37.9 Å². The number of anilines is 1. The molecular formula is C27H30B2ClFN2O2S. The largest absolute Gasteiger partial charge is 0.508 e. The first kappa shape index (κ1) is 26.6. The predicted octanol–water partition coefficient (Wildman–Crippen LogP) is 4.62. The Bertz CT molecular complexity index is 1290. The lowest BCUT2D eigenvalue weighted by atomic mass is 9.82. The molecular weight excluding hydrogens is 492 g/mol. The van der Waals surface area contributed by atoms with Crippen molar-refractivity contribution < 1.29 is 14.2 Å². The molecule has 3 aromatic rings. The summed E-state index contributed by atoms with van der Waals surface area (Å²) in [5, 5.41) is 10.8. The molecule has 1 saturated carbocycles. The molecule has 36 heavy (non-hydrogen) atoms. The molecule has 0 bridgehead atoms. The minimum atomic E-state index is -0.404. The number of hydrogen-bond acceptors (Lipinski definition) is 5. The molecule has 186 valence electrons. The number of hydrogen-bond donors (Lipinski definition) is 1. The number of aliphatic hydroxyl groups excluding tert-OH is 1. The summed E-state index contributed by atoms with van der Waals surface area (Å²) in [4.78, 5) is 8.14. The van der Waals surface area contributed by atoms with Crippen LogP contribution >= 0.6 is 22.9 Å². The molecule has 1 fully saturated rings. The molecule has 1 aliphatic carbocycles. The normalized spacial score (nSPS) is 14.0. The number of halogens is 2. The van der Waals surface area contributed by atoms with Gasteiger partial charge in [-0.3, -0.25) is 0 Å². The van der Waals surface area contributed by atoms with Gasteiger partial charge in [0.25, 0.3) is 0 Å². The van der Waals surface area contributed by atoms with Gasteiger partial charge in [-0.15, -0.1) is 17.8 Å². The van der Waals surface area contributed by atoms with Crippen molar-refractivity contribution in [1.82, 2.24) is 4.98 Å². The maximum absolute atomic E-state index is 14.6. The van der Waals surface area contributed by atoms with Crippen LogP contribution in [-0.4, -0.2) is 38.2 Å². The van der Waals surface area contributed by atoms with Crippen molar-refractivity contribution in [3.05, 3.63) is 62.7 Å². The Morgan fingerprint density at radius 1 is 1.31 bits per heavy atom.